The molecule has 4 nitrogen and oxygen atoms in total. The molecule has 0 aliphatic heterocycles. The summed E-state index contributed by atoms with van der Waals surface area (Å²) in [5, 5.41) is 5.00. The highest BCUT2D eigenvalue weighted by molar-refractivity contribution is 6.06. The maximum atomic E-state index is 12.1. The molecule has 104 valence electrons. The minimum Gasteiger partial charge on any atom is -0.356 e. The number of hydrogen-bond acceptors (Lipinski definition) is 2. The molecule has 0 saturated carbocycles. The Labute approximate surface area is 121 Å². The van der Waals surface area contributed by atoms with Crippen LogP contribution in [0.15, 0.2) is 54.7 Å². The Morgan fingerprint density at radius 1 is 1.00 bits per heavy atom. The number of H-pyrrole nitrogens is 1. The Balaban J connectivity index is 1.83. The summed E-state index contributed by atoms with van der Waals surface area (Å²) in [7, 11) is 0. The fourth-order valence-electron chi connectivity index (χ4n) is 2.19. The molecule has 3 rings (SSSR count). The molecule has 2 N–H and O–H groups in total. The van der Waals surface area contributed by atoms with E-state index in [-0.39, 0.29) is 11.7 Å². The van der Waals surface area contributed by atoms with Crippen molar-refractivity contribution >= 4 is 28.2 Å². The van der Waals surface area contributed by atoms with Crippen molar-refractivity contribution in [1.29, 1.82) is 0 Å². The molecule has 3 aromatic rings. The van der Waals surface area contributed by atoms with Gasteiger partial charge in [-0.15, -0.1) is 0 Å². The smallest absolute Gasteiger partial charge is 0.272 e. The van der Waals surface area contributed by atoms with E-state index < -0.39 is 0 Å². The largest absolute Gasteiger partial charge is 0.356 e. The van der Waals surface area contributed by atoms with Crippen molar-refractivity contribution < 1.29 is 9.59 Å². The highest BCUT2D eigenvalue weighted by Gasteiger charge is 2.11. The molecule has 0 atom stereocenters. The number of Topliss-reactive ketones (excluding diaryl/α,β-unsaturated/α-hetero) is 1. The van der Waals surface area contributed by atoms with E-state index in [1.54, 1.807) is 6.07 Å². The first kappa shape index (κ1) is 13.1. The number of nitrogens with one attached hydrogen (secondary N) is 2. The van der Waals surface area contributed by atoms with Crippen LogP contribution < -0.4 is 5.32 Å². The highest BCUT2D eigenvalue weighted by Crippen LogP contribution is 2.19. The predicted molar refractivity (Wildman–Crippen MR) is 82.7 cm³/mol. The number of rotatable bonds is 3. The van der Waals surface area contributed by atoms with Crippen molar-refractivity contribution in [2.45, 2.75) is 6.92 Å². The van der Waals surface area contributed by atoms with E-state index in [1.165, 1.54) is 13.1 Å². The van der Waals surface area contributed by atoms with Gasteiger partial charge in [-0.2, -0.15) is 0 Å². The zero-order valence-corrected chi connectivity index (χ0v) is 11.5. The van der Waals surface area contributed by atoms with Crippen molar-refractivity contribution in [1.82, 2.24) is 4.98 Å². The number of fused-ring (bicyclic) bond motifs is 1. The van der Waals surface area contributed by atoms with E-state index in [1.807, 2.05) is 42.5 Å². The van der Waals surface area contributed by atoms with Gasteiger partial charge in [-0.05, 0) is 35.9 Å². The van der Waals surface area contributed by atoms with Crippen LogP contribution in [0.25, 0.3) is 10.8 Å². The van der Waals surface area contributed by atoms with Crippen molar-refractivity contribution in [2.75, 3.05) is 5.32 Å². The first-order valence-electron chi connectivity index (χ1n) is 6.63. The molecule has 4 heteroatoms. The average molecular weight is 278 g/mol. The number of aromatic nitrogens is 1. The standard InChI is InChI=1S/C17H14N2O2/c1-11(20)14-9-16(18-10-14)17(21)19-15-7-6-12-4-2-3-5-13(12)8-15/h2-10,18H,1H3,(H,19,21). The summed E-state index contributed by atoms with van der Waals surface area (Å²) < 4.78 is 0. The molecule has 0 bridgehead atoms. The Bertz CT molecular complexity index is 833. The van der Waals surface area contributed by atoms with Gasteiger partial charge >= 0.3 is 0 Å². The van der Waals surface area contributed by atoms with Gasteiger partial charge in [0.25, 0.3) is 5.91 Å². The van der Waals surface area contributed by atoms with E-state index in [9.17, 15) is 9.59 Å². The number of aromatic amines is 1. The number of benzene rings is 2. The second-order valence-corrected chi connectivity index (χ2v) is 4.87. The zero-order chi connectivity index (χ0) is 14.8. The lowest BCUT2D eigenvalue weighted by Gasteiger charge is -2.05. The molecule has 0 radical (unpaired) electrons. The van der Waals surface area contributed by atoms with Gasteiger partial charge in [0.2, 0.25) is 0 Å². The second-order valence-electron chi connectivity index (χ2n) is 4.87. The number of anilines is 1. The number of hydrogen-bond donors (Lipinski definition) is 2. The average Bonchev–Trinajstić information content (AvgIpc) is 2.97. The second kappa shape index (κ2) is 5.25. The summed E-state index contributed by atoms with van der Waals surface area (Å²) in [5.41, 5.74) is 1.59. The van der Waals surface area contributed by atoms with Crippen LogP contribution in [0.2, 0.25) is 0 Å². The molecule has 0 aliphatic rings. The maximum Gasteiger partial charge on any atom is 0.272 e. The number of amides is 1. The number of carbonyl (C=O) groups excluding carboxylic acids is 2. The summed E-state index contributed by atoms with van der Waals surface area (Å²) in [4.78, 5) is 26.2. The summed E-state index contributed by atoms with van der Waals surface area (Å²) in [6.07, 6.45) is 1.54. The molecule has 0 fully saturated rings. The molecule has 0 aliphatic carbocycles. The van der Waals surface area contributed by atoms with E-state index in [0.29, 0.717) is 11.3 Å². The van der Waals surface area contributed by atoms with E-state index in [2.05, 4.69) is 10.3 Å². The van der Waals surface area contributed by atoms with Gasteiger partial charge in [0.15, 0.2) is 5.78 Å². The molecule has 2 aromatic carbocycles. The maximum absolute atomic E-state index is 12.1. The summed E-state index contributed by atoms with van der Waals surface area (Å²) >= 11 is 0. The zero-order valence-electron chi connectivity index (χ0n) is 11.5. The molecular formula is C17H14N2O2. The highest BCUT2D eigenvalue weighted by atomic mass is 16.2. The van der Waals surface area contributed by atoms with Gasteiger partial charge < -0.3 is 10.3 Å². The van der Waals surface area contributed by atoms with Crippen LogP contribution in [0.3, 0.4) is 0 Å². The van der Waals surface area contributed by atoms with Gasteiger partial charge in [0.05, 0.1) is 0 Å². The normalized spacial score (nSPS) is 10.5. The lowest BCUT2D eigenvalue weighted by molar-refractivity contribution is 0.101. The SMILES string of the molecule is CC(=O)c1c[nH]c(C(=O)Nc2ccc3ccccc3c2)c1. The molecule has 0 unspecified atom stereocenters. The summed E-state index contributed by atoms with van der Waals surface area (Å²) in [6.45, 7) is 1.47. The monoisotopic (exact) mass is 278 g/mol. The van der Waals surface area contributed by atoms with Crippen LogP contribution in [-0.2, 0) is 0 Å². The van der Waals surface area contributed by atoms with Gasteiger partial charge in [-0.1, -0.05) is 30.3 Å². The third-order valence-corrected chi connectivity index (χ3v) is 3.34. The third kappa shape index (κ3) is 2.69. The molecule has 1 heterocycles. The van der Waals surface area contributed by atoms with Crippen LogP contribution in [0.1, 0.15) is 27.8 Å². The van der Waals surface area contributed by atoms with Crippen LogP contribution in [0, 0.1) is 0 Å². The first-order chi connectivity index (χ1) is 10.1. The van der Waals surface area contributed by atoms with Crippen molar-refractivity contribution in [2.24, 2.45) is 0 Å². The number of carbonyl (C=O) groups is 2. The molecular weight excluding hydrogens is 264 g/mol. The lowest BCUT2D eigenvalue weighted by Crippen LogP contribution is -2.12. The molecule has 1 amide bonds. The Kier molecular flexibility index (Phi) is 3.28. The van der Waals surface area contributed by atoms with E-state index >= 15 is 0 Å². The fourth-order valence-corrected chi connectivity index (χ4v) is 2.19. The van der Waals surface area contributed by atoms with Gasteiger partial charge in [-0.25, -0.2) is 0 Å². The van der Waals surface area contributed by atoms with Crippen LogP contribution >= 0.6 is 0 Å². The predicted octanol–water partition coefficient (Wildman–Crippen LogP) is 3.62. The lowest BCUT2D eigenvalue weighted by atomic mass is 10.1. The topological polar surface area (TPSA) is 62.0 Å². The van der Waals surface area contributed by atoms with Gasteiger partial charge in [-0.3, -0.25) is 9.59 Å². The molecule has 0 spiro atoms. The Hall–Kier alpha value is -2.88. The van der Waals surface area contributed by atoms with Gasteiger partial charge in [0, 0.05) is 17.4 Å². The summed E-state index contributed by atoms with van der Waals surface area (Å²) in [6, 6.07) is 15.2. The van der Waals surface area contributed by atoms with E-state index in [4.69, 9.17) is 0 Å². The third-order valence-electron chi connectivity index (χ3n) is 3.34. The van der Waals surface area contributed by atoms with Crippen LogP contribution in [-0.4, -0.2) is 16.7 Å². The summed E-state index contributed by atoms with van der Waals surface area (Å²) in [5.74, 6) is -0.339. The molecule has 0 saturated heterocycles. The number of ketones is 1. The molecule has 21 heavy (non-hydrogen) atoms. The van der Waals surface area contributed by atoms with Crippen LogP contribution in [0.5, 0.6) is 0 Å². The first-order valence-corrected chi connectivity index (χ1v) is 6.63. The molecule has 1 aromatic heterocycles. The fraction of sp³-hybridized carbons (Fsp3) is 0.0588. The van der Waals surface area contributed by atoms with Crippen molar-refractivity contribution in [3.05, 3.63) is 66.0 Å². The quantitative estimate of drug-likeness (QED) is 0.719. The van der Waals surface area contributed by atoms with Crippen molar-refractivity contribution in [3.63, 3.8) is 0 Å². The van der Waals surface area contributed by atoms with E-state index in [0.717, 1.165) is 16.5 Å². The van der Waals surface area contributed by atoms with Crippen LogP contribution in [0.4, 0.5) is 5.69 Å². The Morgan fingerprint density at radius 2 is 1.76 bits per heavy atom. The minimum atomic E-state index is -0.266. The van der Waals surface area contributed by atoms with Crippen molar-refractivity contribution in [3.8, 4) is 0 Å². The van der Waals surface area contributed by atoms with Gasteiger partial charge in [0.1, 0.15) is 5.69 Å². The Morgan fingerprint density at radius 3 is 2.48 bits per heavy atom. The minimum absolute atomic E-state index is 0.0731.